The van der Waals surface area contributed by atoms with Gasteiger partial charge in [-0.2, -0.15) is 5.10 Å². The van der Waals surface area contributed by atoms with Crippen molar-refractivity contribution in [3.05, 3.63) is 70.2 Å². The molecule has 25 heavy (non-hydrogen) atoms. The molecule has 130 valence electrons. The van der Waals surface area contributed by atoms with E-state index in [0.717, 1.165) is 24.6 Å². The van der Waals surface area contributed by atoms with Crippen LogP contribution in [0.3, 0.4) is 0 Å². The van der Waals surface area contributed by atoms with Gasteiger partial charge in [0.15, 0.2) is 5.96 Å². The highest BCUT2D eigenvalue weighted by Crippen LogP contribution is 2.16. The zero-order valence-corrected chi connectivity index (χ0v) is 15.4. The van der Waals surface area contributed by atoms with Gasteiger partial charge < -0.3 is 10.6 Å². The normalized spacial score (nSPS) is 11.5. The smallest absolute Gasteiger partial charge is 0.191 e. The number of thiophene rings is 1. The molecule has 6 heteroatoms. The Morgan fingerprint density at radius 1 is 1.12 bits per heavy atom. The Balaban J connectivity index is 1.55. The SMILES string of the molecule is CCc1ccc(CNC(=NC)NCc2cccc(-n3cccn3)c2)s1. The Bertz CT molecular complexity index is 820. The minimum Gasteiger partial charge on any atom is -0.352 e. The van der Waals surface area contributed by atoms with E-state index in [2.05, 4.69) is 51.9 Å². The molecule has 0 saturated carbocycles. The van der Waals surface area contributed by atoms with Gasteiger partial charge in [0.25, 0.3) is 0 Å². The number of nitrogens with zero attached hydrogens (tertiary/aromatic N) is 3. The Morgan fingerprint density at radius 3 is 2.68 bits per heavy atom. The molecule has 3 rings (SSSR count). The van der Waals surface area contributed by atoms with Crippen molar-refractivity contribution >= 4 is 17.3 Å². The zero-order chi connectivity index (χ0) is 17.5. The molecule has 0 bridgehead atoms. The summed E-state index contributed by atoms with van der Waals surface area (Å²) in [6, 6.07) is 14.6. The van der Waals surface area contributed by atoms with Crippen molar-refractivity contribution < 1.29 is 0 Å². The molecule has 0 aliphatic rings. The number of aliphatic imine (C=N–C) groups is 1. The fraction of sp³-hybridized carbons (Fsp3) is 0.263. The van der Waals surface area contributed by atoms with Crippen LogP contribution in [0.1, 0.15) is 22.2 Å². The third-order valence-electron chi connectivity index (χ3n) is 3.86. The predicted molar refractivity (Wildman–Crippen MR) is 104 cm³/mol. The topological polar surface area (TPSA) is 54.2 Å². The predicted octanol–water partition coefficient (Wildman–Crippen LogP) is 3.36. The van der Waals surface area contributed by atoms with E-state index in [4.69, 9.17) is 0 Å². The van der Waals surface area contributed by atoms with Crippen LogP contribution in [0.5, 0.6) is 0 Å². The number of guanidine groups is 1. The summed E-state index contributed by atoms with van der Waals surface area (Å²) < 4.78 is 1.86. The molecule has 1 aromatic carbocycles. The Morgan fingerprint density at radius 2 is 1.96 bits per heavy atom. The average Bonchev–Trinajstić information content (AvgIpc) is 3.34. The maximum Gasteiger partial charge on any atom is 0.191 e. The van der Waals surface area contributed by atoms with Crippen molar-refractivity contribution in [1.82, 2.24) is 20.4 Å². The van der Waals surface area contributed by atoms with Gasteiger partial charge in [0, 0.05) is 35.7 Å². The summed E-state index contributed by atoms with van der Waals surface area (Å²) >= 11 is 1.85. The Hall–Kier alpha value is -2.60. The van der Waals surface area contributed by atoms with Crippen LogP contribution in [-0.4, -0.2) is 22.8 Å². The molecule has 0 aliphatic heterocycles. The van der Waals surface area contributed by atoms with E-state index in [9.17, 15) is 0 Å². The van der Waals surface area contributed by atoms with Gasteiger partial charge in [-0.3, -0.25) is 4.99 Å². The minimum absolute atomic E-state index is 0.708. The van der Waals surface area contributed by atoms with Crippen LogP contribution in [0.15, 0.2) is 59.9 Å². The first-order chi connectivity index (χ1) is 12.3. The van der Waals surface area contributed by atoms with Crippen molar-refractivity contribution in [3.8, 4) is 5.69 Å². The van der Waals surface area contributed by atoms with E-state index in [1.54, 1.807) is 13.2 Å². The van der Waals surface area contributed by atoms with E-state index >= 15 is 0 Å². The van der Waals surface area contributed by atoms with Crippen LogP contribution >= 0.6 is 11.3 Å². The number of benzene rings is 1. The van der Waals surface area contributed by atoms with Crippen LogP contribution in [0.25, 0.3) is 5.69 Å². The molecule has 0 atom stereocenters. The number of hydrogen-bond donors (Lipinski definition) is 2. The second kappa shape index (κ2) is 8.48. The lowest BCUT2D eigenvalue weighted by Gasteiger charge is -2.12. The molecular formula is C19H23N5S. The number of aromatic nitrogens is 2. The number of aryl methyl sites for hydroxylation is 1. The first kappa shape index (κ1) is 17.2. The highest BCUT2D eigenvalue weighted by atomic mass is 32.1. The molecule has 0 radical (unpaired) electrons. The molecule has 2 aromatic heterocycles. The van der Waals surface area contributed by atoms with Gasteiger partial charge in [-0.25, -0.2) is 4.68 Å². The summed E-state index contributed by atoms with van der Waals surface area (Å²) in [6.45, 7) is 3.68. The summed E-state index contributed by atoms with van der Waals surface area (Å²) in [5.74, 6) is 0.802. The van der Waals surface area contributed by atoms with E-state index in [1.807, 2.05) is 40.4 Å². The lowest BCUT2D eigenvalue weighted by atomic mass is 10.2. The first-order valence-electron chi connectivity index (χ1n) is 8.39. The molecule has 0 amide bonds. The zero-order valence-electron chi connectivity index (χ0n) is 14.6. The second-order valence-electron chi connectivity index (χ2n) is 5.62. The van der Waals surface area contributed by atoms with Gasteiger partial charge in [0.2, 0.25) is 0 Å². The Kier molecular flexibility index (Phi) is 5.85. The molecule has 0 unspecified atom stereocenters. The van der Waals surface area contributed by atoms with E-state index in [-0.39, 0.29) is 0 Å². The minimum atomic E-state index is 0.708. The van der Waals surface area contributed by atoms with Crippen molar-refractivity contribution in [1.29, 1.82) is 0 Å². The van der Waals surface area contributed by atoms with Gasteiger partial charge in [-0.05, 0) is 42.3 Å². The molecule has 2 N–H and O–H groups in total. The fourth-order valence-electron chi connectivity index (χ4n) is 2.52. The van der Waals surface area contributed by atoms with Gasteiger partial charge in [0.1, 0.15) is 0 Å². The Labute approximate surface area is 152 Å². The maximum absolute atomic E-state index is 4.30. The van der Waals surface area contributed by atoms with Crippen molar-refractivity contribution in [2.75, 3.05) is 7.05 Å². The summed E-state index contributed by atoms with van der Waals surface area (Å²) in [7, 11) is 1.79. The molecular weight excluding hydrogens is 330 g/mol. The molecule has 0 aliphatic carbocycles. The maximum atomic E-state index is 4.30. The molecule has 0 fully saturated rings. The van der Waals surface area contributed by atoms with Crippen molar-refractivity contribution in [3.63, 3.8) is 0 Å². The third-order valence-corrected chi connectivity index (χ3v) is 5.09. The van der Waals surface area contributed by atoms with Crippen LogP contribution < -0.4 is 10.6 Å². The molecule has 3 aromatic rings. The van der Waals surface area contributed by atoms with Crippen LogP contribution in [-0.2, 0) is 19.5 Å². The lowest BCUT2D eigenvalue weighted by Crippen LogP contribution is -2.36. The van der Waals surface area contributed by atoms with Gasteiger partial charge in [-0.1, -0.05) is 19.1 Å². The standard InChI is InChI=1S/C19H23N5S/c1-3-17-8-9-18(25-17)14-22-19(20-2)21-13-15-6-4-7-16(12-15)24-11-5-10-23-24/h4-12H,3,13-14H2,1-2H3,(H2,20,21,22). The molecule has 2 heterocycles. The van der Waals surface area contributed by atoms with E-state index in [1.165, 1.54) is 15.3 Å². The van der Waals surface area contributed by atoms with E-state index in [0.29, 0.717) is 6.54 Å². The fourth-order valence-corrected chi connectivity index (χ4v) is 3.41. The average molecular weight is 353 g/mol. The number of hydrogen-bond acceptors (Lipinski definition) is 3. The third kappa shape index (κ3) is 4.70. The number of nitrogens with one attached hydrogen (secondary N) is 2. The first-order valence-corrected chi connectivity index (χ1v) is 9.21. The summed E-state index contributed by atoms with van der Waals surface area (Å²) in [6.07, 6.45) is 4.81. The highest BCUT2D eigenvalue weighted by Gasteiger charge is 2.03. The second-order valence-corrected chi connectivity index (χ2v) is 6.87. The molecule has 5 nitrogen and oxygen atoms in total. The van der Waals surface area contributed by atoms with Crippen LogP contribution in [0.4, 0.5) is 0 Å². The van der Waals surface area contributed by atoms with Gasteiger partial charge in [-0.15, -0.1) is 11.3 Å². The largest absolute Gasteiger partial charge is 0.352 e. The molecule has 0 spiro atoms. The van der Waals surface area contributed by atoms with Crippen molar-refractivity contribution in [2.24, 2.45) is 4.99 Å². The van der Waals surface area contributed by atoms with E-state index < -0.39 is 0 Å². The van der Waals surface area contributed by atoms with Gasteiger partial charge >= 0.3 is 0 Å². The summed E-state index contributed by atoms with van der Waals surface area (Å²) in [5, 5.41) is 11.0. The molecule has 0 saturated heterocycles. The van der Waals surface area contributed by atoms with Crippen LogP contribution in [0, 0.1) is 0 Å². The summed E-state index contributed by atoms with van der Waals surface area (Å²) in [4.78, 5) is 7.03. The van der Waals surface area contributed by atoms with Crippen molar-refractivity contribution in [2.45, 2.75) is 26.4 Å². The summed E-state index contributed by atoms with van der Waals surface area (Å²) in [5.41, 5.74) is 2.23. The number of rotatable bonds is 6. The monoisotopic (exact) mass is 353 g/mol. The highest BCUT2D eigenvalue weighted by molar-refractivity contribution is 7.11. The lowest BCUT2D eigenvalue weighted by molar-refractivity contribution is 0.812. The quantitative estimate of drug-likeness (QED) is 0.528. The van der Waals surface area contributed by atoms with Gasteiger partial charge in [0.05, 0.1) is 12.2 Å². The van der Waals surface area contributed by atoms with Crippen LogP contribution in [0.2, 0.25) is 0 Å².